The fourth-order valence-corrected chi connectivity index (χ4v) is 1.93. The van der Waals surface area contributed by atoms with Crippen LogP contribution in [0.5, 0.6) is 0 Å². The van der Waals surface area contributed by atoms with Crippen molar-refractivity contribution in [2.75, 3.05) is 28.2 Å². The van der Waals surface area contributed by atoms with E-state index in [4.69, 9.17) is 0 Å². The van der Waals surface area contributed by atoms with Crippen molar-refractivity contribution < 1.29 is 0 Å². The van der Waals surface area contributed by atoms with Crippen molar-refractivity contribution in [2.45, 2.75) is 6.54 Å². The Bertz CT molecular complexity index is 362. The highest BCUT2D eigenvalue weighted by atomic mass is 79.9. The summed E-state index contributed by atoms with van der Waals surface area (Å²) in [5.41, 5.74) is 1.20. The molecule has 0 amide bonds. The summed E-state index contributed by atoms with van der Waals surface area (Å²) in [7, 11) is 8.00. The molecule has 3 nitrogen and oxygen atoms in total. The Labute approximate surface area is 106 Å². The van der Waals surface area contributed by atoms with Crippen LogP contribution in [0.3, 0.4) is 0 Å². The van der Waals surface area contributed by atoms with Gasteiger partial charge in [-0.25, -0.2) is 4.99 Å². The average Bonchev–Trinajstić information content (AvgIpc) is 2.16. The Balaban J connectivity index is 2.77. The number of halogens is 1. The molecule has 0 fully saturated rings. The molecule has 4 heteroatoms. The normalized spacial score (nSPS) is 9.81. The lowest BCUT2D eigenvalue weighted by Crippen LogP contribution is -2.35. The van der Waals surface area contributed by atoms with E-state index >= 15 is 0 Å². The van der Waals surface area contributed by atoms with Crippen LogP contribution in [0.2, 0.25) is 0 Å². The van der Waals surface area contributed by atoms with Gasteiger partial charge in [0.15, 0.2) is 5.96 Å². The monoisotopic (exact) mass is 283 g/mol. The molecule has 0 N–H and O–H groups in total. The van der Waals surface area contributed by atoms with E-state index in [1.165, 1.54) is 5.56 Å². The van der Waals surface area contributed by atoms with E-state index in [0.29, 0.717) is 6.54 Å². The molecule has 1 aromatic carbocycles. The third kappa shape index (κ3) is 3.85. The van der Waals surface area contributed by atoms with E-state index in [1.807, 2.05) is 50.1 Å². The topological polar surface area (TPSA) is 18.8 Å². The minimum Gasteiger partial charge on any atom is -0.349 e. The van der Waals surface area contributed by atoms with Gasteiger partial charge in [0.2, 0.25) is 0 Å². The number of rotatable bonds is 2. The number of aliphatic imine (C=N–C) groups is 1. The largest absolute Gasteiger partial charge is 0.349 e. The fourth-order valence-electron chi connectivity index (χ4n) is 1.48. The van der Waals surface area contributed by atoms with Crippen LogP contribution in [0.1, 0.15) is 5.56 Å². The van der Waals surface area contributed by atoms with Gasteiger partial charge in [0.1, 0.15) is 0 Å². The zero-order valence-electron chi connectivity index (χ0n) is 10.2. The zero-order chi connectivity index (χ0) is 12.1. The van der Waals surface area contributed by atoms with Crippen molar-refractivity contribution in [1.29, 1.82) is 0 Å². The molecule has 1 rings (SSSR count). The molecule has 0 spiro atoms. The van der Waals surface area contributed by atoms with Crippen LogP contribution in [0.4, 0.5) is 0 Å². The molecule has 1 aromatic rings. The van der Waals surface area contributed by atoms with E-state index < -0.39 is 0 Å². The lowest BCUT2D eigenvalue weighted by molar-refractivity contribution is 0.479. The Morgan fingerprint density at radius 2 is 1.81 bits per heavy atom. The van der Waals surface area contributed by atoms with Crippen molar-refractivity contribution in [3.63, 3.8) is 0 Å². The summed E-state index contributed by atoms with van der Waals surface area (Å²) in [5, 5.41) is 0. The van der Waals surface area contributed by atoms with Crippen LogP contribution in [-0.2, 0) is 6.54 Å². The molecule has 0 radical (unpaired) electrons. The smallest absolute Gasteiger partial charge is 0.195 e. The van der Waals surface area contributed by atoms with E-state index in [2.05, 4.69) is 33.1 Å². The Hall–Kier alpha value is -1.03. The Morgan fingerprint density at radius 1 is 1.19 bits per heavy atom. The van der Waals surface area contributed by atoms with Crippen molar-refractivity contribution in [1.82, 2.24) is 9.80 Å². The second-order valence-corrected chi connectivity index (χ2v) is 4.95. The maximum atomic E-state index is 4.58. The van der Waals surface area contributed by atoms with Crippen LogP contribution >= 0.6 is 15.9 Å². The molecule has 0 saturated carbocycles. The fraction of sp³-hybridized carbons (Fsp3) is 0.417. The molecule has 88 valence electrons. The van der Waals surface area contributed by atoms with Crippen molar-refractivity contribution in [3.8, 4) is 0 Å². The first-order chi connectivity index (χ1) is 7.50. The standard InChI is InChI=1S/C12H18BrN3/c1-15(2)12(16(3)4)14-9-10-6-5-7-11(13)8-10/h5-8H,9H2,1-4H3. The molecule has 0 aliphatic carbocycles. The van der Waals surface area contributed by atoms with Crippen LogP contribution in [0.15, 0.2) is 33.7 Å². The first-order valence-electron chi connectivity index (χ1n) is 5.14. The summed E-state index contributed by atoms with van der Waals surface area (Å²) < 4.78 is 1.09. The zero-order valence-corrected chi connectivity index (χ0v) is 11.8. The van der Waals surface area contributed by atoms with Gasteiger partial charge in [-0.3, -0.25) is 0 Å². The lowest BCUT2D eigenvalue weighted by atomic mass is 10.2. The second kappa shape index (κ2) is 5.89. The first kappa shape index (κ1) is 13.0. The van der Waals surface area contributed by atoms with Crippen molar-refractivity contribution in [3.05, 3.63) is 34.3 Å². The molecule has 0 bridgehead atoms. The Morgan fingerprint density at radius 3 is 2.31 bits per heavy atom. The lowest BCUT2D eigenvalue weighted by Gasteiger charge is -2.22. The predicted octanol–water partition coefficient (Wildman–Crippen LogP) is 2.43. The van der Waals surface area contributed by atoms with Crippen LogP contribution in [0.25, 0.3) is 0 Å². The molecular weight excluding hydrogens is 266 g/mol. The third-order valence-electron chi connectivity index (χ3n) is 2.09. The molecule has 0 heterocycles. The number of hydrogen-bond donors (Lipinski definition) is 0. The van der Waals surface area contributed by atoms with Crippen molar-refractivity contribution >= 4 is 21.9 Å². The molecule has 0 saturated heterocycles. The van der Waals surface area contributed by atoms with Gasteiger partial charge in [0.25, 0.3) is 0 Å². The van der Waals surface area contributed by atoms with Gasteiger partial charge in [-0.15, -0.1) is 0 Å². The summed E-state index contributed by atoms with van der Waals surface area (Å²) in [5.74, 6) is 0.972. The molecule has 0 aliphatic heterocycles. The minimum atomic E-state index is 0.700. The first-order valence-corrected chi connectivity index (χ1v) is 5.93. The quantitative estimate of drug-likeness (QED) is 0.613. The number of benzene rings is 1. The van der Waals surface area contributed by atoms with Gasteiger partial charge >= 0.3 is 0 Å². The molecule has 16 heavy (non-hydrogen) atoms. The summed E-state index contributed by atoms with van der Waals surface area (Å²) in [6.45, 7) is 0.700. The van der Waals surface area contributed by atoms with E-state index in [1.54, 1.807) is 0 Å². The van der Waals surface area contributed by atoms with Crippen LogP contribution < -0.4 is 0 Å². The van der Waals surface area contributed by atoms with Crippen molar-refractivity contribution in [2.24, 2.45) is 4.99 Å². The SMILES string of the molecule is CN(C)C(=NCc1cccc(Br)c1)N(C)C. The second-order valence-electron chi connectivity index (χ2n) is 4.04. The minimum absolute atomic E-state index is 0.700. The molecule has 0 atom stereocenters. The highest BCUT2D eigenvalue weighted by Crippen LogP contribution is 2.12. The Kier molecular flexibility index (Phi) is 4.80. The van der Waals surface area contributed by atoms with Gasteiger partial charge in [-0.2, -0.15) is 0 Å². The third-order valence-corrected chi connectivity index (χ3v) is 2.59. The number of nitrogens with zero attached hydrogens (tertiary/aromatic N) is 3. The molecule has 0 aromatic heterocycles. The average molecular weight is 284 g/mol. The molecule has 0 aliphatic rings. The van der Waals surface area contributed by atoms with Gasteiger partial charge in [0, 0.05) is 32.7 Å². The maximum absolute atomic E-state index is 4.58. The summed E-state index contributed by atoms with van der Waals surface area (Å²) >= 11 is 3.46. The van der Waals surface area contributed by atoms with E-state index in [9.17, 15) is 0 Å². The van der Waals surface area contributed by atoms with Gasteiger partial charge < -0.3 is 9.80 Å². The predicted molar refractivity (Wildman–Crippen MR) is 72.7 cm³/mol. The highest BCUT2D eigenvalue weighted by Gasteiger charge is 2.03. The van der Waals surface area contributed by atoms with E-state index in [0.717, 1.165) is 10.4 Å². The van der Waals surface area contributed by atoms with Crippen LogP contribution in [0, 0.1) is 0 Å². The molecule has 0 unspecified atom stereocenters. The number of hydrogen-bond acceptors (Lipinski definition) is 1. The maximum Gasteiger partial charge on any atom is 0.195 e. The summed E-state index contributed by atoms with van der Waals surface area (Å²) in [4.78, 5) is 8.61. The van der Waals surface area contributed by atoms with Gasteiger partial charge in [-0.1, -0.05) is 28.1 Å². The van der Waals surface area contributed by atoms with E-state index in [-0.39, 0.29) is 0 Å². The van der Waals surface area contributed by atoms with Crippen LogP contribution in [-0.4, -0.2) is 44.0 Å². The van der Waals surface area contributed by atoms with Gasteiger partial charge in [-0.05, 0) is 17.7 Å². The molecular formula is C12H18BrN3. The summed E-state index contributed by atoms with van der Waals surface area (Å²) in [6, 6.07) is 8.22. The summed E-state index contributed by atoms with van der Waals surface area (Å²) in [6.07, 6.45) is 0. The highest BCUT2D eigenvalue weighted by molar-refractivity contribution is 9.10. The number of guanidine groups is 1. The van der Waals surface area contributed by atoms with Gasteiger partial charge in [0.05, 0.1) is 6.54 Å².